The van der Waals surface area contributed by atoms with Crippen LogP contribution >= 0.6 is 0 Å². The molecule has 0 aromatic carbocycles. The fourth-order valence-corrected chi connectivity index (χ4v) is 0.565. The molecule has 0 radical (unpaired) electrons. The number of hydrogen-bond donors (Lipinski definition) is 7. The molecule has 0 fully saturated rings. The maximum absolute atomic E-state index is 10.1. The molecule has 0 saturated carbocycles. The number of rotatable bonds is 8. The molecule has 86 valence electrons. The lowest BCUT2D eigenvalue weighted by Gasteiger charge is -2.06. The Morgan fingerprint density at radius 3 is 2.00 bits per heavy atom. The maximum atomic E-state index is 10.1. The molecule has 0 aromatic rings. The Labute approximate surface area is 81.1 Å². The van der Waals surface area contributed by atoms with Gasteiger partial charge in [0.25, 0.3) is 0 Å². The van der Waals surface area contributed by atoms with Gasteiger partial charge in [-0.05, 0) is 5.53 Å². The Balaban J connectivity index is 3.99. The lowest BCUT2D eigenvalue weighted by atomic mass is 10.5. The molecule has 15 heavy (non-hydrogen) atoms. The van der Waals surface area contributed by atoms with Gasteiger partial charge in [-0.3, -0.25) is 0 Å². The van der Waals surface area contributed by atoms with E-state index in [-0.39, 0.29) is 0 Å². The predicted octanol–water partition coefficient (Wildman–Crippen LogP) is -3.16. The van der Waals surface area contributed by atoms with Gasteiger partial charge in [0.05, 0.1) is 0 Å². The van der Waals surface area contributed by atoms with Crippen molar-refractivity contribution >= 4 is 0 Å². The molecule has 0 aliphatic heterocycles. The molecular weight excluding hydrogens is 218 g/mol. The van der Waals surface area contributed by atoms with Gasteiger partial charge in [0.15, 0.2) is 6.17 Å². The van der Waals surface area contributed by atoms with Gasteiger partial charge >= 0.3 is 15.1 Å². The second-order valence-electron chi connectivity index (χ2n) is 2.12. The Hall–Kier alpha value is -2.44. The van der Waals surface area contributed by atoms with E-state index in [0.717, 1.165) is 0 Å². The van der Waals surface area contributed by atoms with Crippen LogP contribution in [-0.2, 0) is 0 Å². The Bertz CT molecular complexity index is 236. The summed E-state index contributed by atoms with van der Waals surface area (Å²) in [6.07, 6.45) is -1.18. The molecule has 1 unspecified atom stereocenters. The van der Waals surface area contributed by atoms with E-state index in [9.17, 15) is 14.7 Å². The van der Waals surface area contributed by atoms with E-state index in [2.05, 4.69) is 0 Å². The fourth-order valence-electron chi connectivity index (χ4n) is 0.565. The van der Waals surface area contributed by atoms with Crippen LogP contribution in [0.1, 0.15) is 0 Å². The molecule has 13 heteroatoms. The normalized spacial score (nSPS) is 11.2. The van der Waals surface area contributed by atoms with Gasteiger partial charge in [-0.2, -0.15) is 0 Å². The highest BCUT2D eigenvalue weighted by Gasteiger charge is 2.21. The van der Waals surface area contributed by atoms with Crippen LogP contribution < -0.4 is 21.8 Å². The molecule has 0 spiro atoms. The van der Waals surface area contributed by atoms with Crippen molar-refractivity contribution in [2.75, 3.05) is 6.54 Å². The number of hydrogen-bond acceptors (Lipinski definition) is 4. The minimum absolute atomic E-state index is 0.403. The van der Waals surface area contributed by atoms with Gasteiger partial charge in [0, 0.05) is 0 Å². The molecule has 0 amide bonds. The topological polar surface area (TPSA) is 169 Å². The van der Waals surface area contributed by atoms with Crippen molar-refractivity contribution in [1.29, 1.82) is 0 Å². The van der Waals surface area contributed by atoms with Crippen LogP contribution in [-0.4, -0.2) is 43.4 Å². The Morgan fingerprint density at radius 1 is 1.00 bits per heavy atom. The van der Waals surface area contributed by atoms with Gasteiger partial charge in [-0.1, -0.05) is 10.9 Å². The summed E-state index contributed by atoms with van der Waals surface area (Å²) in [4.78, 5) is 30.0. The van der Waals surface area contributed by atoms with E-state index < -0.39 is 27.8 Å². The summed E-state index contributed by atoms with van der Waals surface area (Å²) in [7, 11) is 0. The van der Waals surface area contributed by atoms with Crippen LogP contribution in [0.4, 0.5) is 0 Å². The SMILES string of the molecule is O=[N+](O)NCC(NN[N+](=O)O)N[N+](=O)O. The van der Waals surface area contributed by atoms with Crippen molar-refractivity contribution < 1.29 is 30.7 Å². The number of nitrogens with one attached hydrogen (secondary N) is 4. The monoisotopic (exact) mass is 228 g/mol. The third-order valence-corrected chi connectivity index (χ3v) is 1.03. The standard InChI is InChI=1S/C2H10N7O6/c10-7(11)3-1-2(5-8(12)13)4-6-9(14)15/h2-6H,1H2,(H,10,11)(H,12,13)(H,14,15)/q+3. The number of hydrazine groups is 4. The summed E-state index contributed by atoms with van der Waals surface area (Å²) in [5.74, 6) is 0. The third kappa shape index (κ3) is 7.91. The van der Waals surface area contributed by atoms with Crippen LogP contribution in [0.5, 0.6) is 0 Å². The molecule has 0 aliphatic carbocycles. The maximum Gasteiger partial charge on any atom is 0.370 e. The zero-order chi connectivity index (χ0) is 11.8. The second kappa shape index (κ2) is 6.08. The van der Waals surface area contributed by atoms with Crippen molar-refractivity contribution in [2.24, 2.45) is 0 Å². The van der Waals surface area contributed by atoms with Gasteiger partial charge in [-0.15, -0.1) is 5.43 Å². The highest BCUT2D eigenvalue weighted by Crippen LogP contribution is 1.73. The van der Waals surface area contributed by atoms with Crippen LogP contribution in [0.25, 0.3) is 0 Å². The van der Waals surface area contributed by atoms with Crippen molar-refractivity contribution in [3.05, 3.63) is 14.7 Å². The average molecular weight is 228 g/mol. The molecule has 1 atom stereocenters. The first-order chi connectivity index (χ1) is 6.91. The summed E-state index contributed by atoms with van der Waals surface area (Å²) in [6.45, 7) is -0.403. The smallest absolute Gasteiger partial charge is 0.219 e. The first-order valence-corrected chi connectivity index (χ1v) is 3.41. The quantitative estimate of drug-likeness (QED) is 0.166. The molecular formula is C2H10N7O6+3. The molecule has 0 saturated heterocycles. The largest absolute Gasteiger partial charge is 0.370 e. The third-order valence-electron chi connectivity index (χ3n) is 1.03. The van der Waals surface area contributed by atoms with Crippen LogP contribution in [0.15, 0.2) is 0 Å². The van der Waals surface area contributed by atoms with E-state index >= 15 is 0 Å². The van der Waals surface area contributed by atoms with Crippen LogP contribution in [0.2, 0.25) is 0 Å². The summed E-state index contributed by atoms with van der Waals surface area (Å²) in [5, 5.41) is 22.3. The zero-order valence-electron chi connectivity index (χ0n) is 7.19. The average Bonchev–Trinajstić information content (AvgIpc) is 2.08. The van der Waals surface area contributed by atoms with E-state index in [1.54, 1.807) is 16.4 Å². The molecule has 0 heterocycles. The van der Waals surface area contributed by atoms with Crippen LogP contribution in [0.3, 0.4) is 0 Å². The fraction of sp³-hybridized carbons (Fsp3) is 1.00. The molecule has 0 aromatic heterocycles. The van der Waals surface area contributed by atoms with Gasteiger partial charge in [0.1, 0.15) is 21.3 Å². The Kier molecular flexibility index (Phi) is 5.09. The first-order valence-electron chi connectivity index (χ1n) is 3.41. The van der Waals surface area contributed by atoms with E-state index in [1.807, 2.05) is 5.43 Å². The van der Waals surface area contributed by atoms with E-state index in [0.29, 0.717) is 0 Å². The predicted molar refractivity (Wildman–Crippen MR) is 37.4 cm³/mol. The van der Waals surface area contributed by atoms with Gasteiger partial charge in [0.2, 0.25) is 0 Å². The first kappa shape index (κ1) is 12.6. The van der Waals surface area contributed by atoms with E-state index in [4.69, 9.17) is 15.6 Å². The highest BCUT2D eigenvalue weighted by molar-refractivity contribution is 4.53. The second-order valence-corrected chi connectivity index (χ2v) is 2.12. The lowest BCUT2D eigenvalue weighted by molar-refractivity contribution is -0.851. The van der Waals surface area contributed by atoms with Crippen molar-refractivity contribution in [2.45, 2.75) is 6.17 Å². The van der Waals surface area contributed by atoms with Gasteiger partial charge < -0.3 is 0 Å². The van der Waals surface area contributed by atoms with Crippen molar-refractivity contribution in [3.8, 4) is 0 Å². The molecule has 0 rings (SSSR count). The minimum atomic E-state index is -1.18. The lowest BCUT2D eigenvalue weighted by Crippen LogP contribution is -2.58. The van der Waals surface area contributed by atoms with Gasteiger partial charge in [-0.25, -0.2) is 15.6 Å². The summed E-state index contributed by atoms with van der Waals surface area (Å²) < 4.78 is 0. The number of nitrogens with zero attached hydrogens (tertiary/aromatic N) is 3. The minimum Gasteiger partial charge on any atom is -0.219 e. The molecule has 0 aliphatic rings. The highest BCUT2D eigenvalue weighted by atomic mass is 16.7. The van der Waals surface area contributed by atoms with Crippen molar-refractivity contribution in [1.82, 2.24) is 21.8 Å². The molecule has 13 nitrogen and oxygen atoms in total. The summed E-state index contributed by atoms with van der Waals surface area (Å²) in [6, 6.07) is 0. The Morgan fingerprint density at radius 2 is 1.60 bits per heavy atom. The molecule has 0 bridgehead atoms. The summed E-state index contributed by atoms with van der Waals surface area (Å²) >= 11 is 0. The van der Waals surface area contributed by atoms with E-state index in [1.165, 1.54) is 0 Å². The van der Waals surface area contributed by atoms with Crippen molar-refractivity contribution in [3.63, 3.8) is 0 Å². The zero-order valence-corrected chi connectivity index (χ0v) is 7.19. The molecule has 7 N–H and O–H groups in total. The van der Waals surface area contributed by atoms with Crippen LogP contribution in [0, 0.1) is 14.7 Å². The summed E-state index contributed by atoms with van der Waals surface area (Å²) in [5.41, 5.74) is 7.04.